The fraction of sp³-hybridized carbons (Fsp3) is 0.571. The molecule has 1 aromatic rings. The molecule has 20 heavy (non-hydrogen) atoms. The summed E-state index contributed by atoms with van der Waals surface area (Å²) in [6.07, 6.45) is 6.12. The van der Waals surface area contributed by atoms with Gasteiger partial charge in [-0.25, -0.2) is 0 Å². The Kier molecular flexibility index (Phi) is 4.83. The molecule has 2 rings (SSSR count). The van der Waals surface area contributed by atoms with Crippen molar-refractivity contribution >= 4 is 23.6 Å². The molecule has 1 aromatic heterocycles. The van der Waals surface area contributed by atoms with Crippen molar-refractivity contribution in [2.75, 3.05) is 0 Å². The van der Waals surface area contributed by atoms with Crippen molar-refractivity contribution in [2.24, 2.45) is 7.05 Å². The van der Waals surface area contributed by atoms with Crippen molar-refractivity contribution in [2.45, 2.75) is 44.8 Å². The van der Waals surface area contributed by atoms with Gasteiger partial charge in [0.15, 0.2) is 0 Å². The van der Waals surface area contributed by atoms with E-state index in [2.05, 4.69) is 10.4 Å². The van der Waals surface area contributed by atoms with E-state index in [1.807, 2.05) is 6.92 Å². The topological polar surface area (TPSA) is 67.2 Å². The van der Waals surface area contributed by atoms with Gasteiger partial charge in [-0.1, -0.05) is 11.6 Å². The molecule has 2 N–H and O–H groups in total. The summed E-state index contributed by atoms with van der Waals surface area (Å²) in [6, 6.07) is 0.154. The predicted octanol–water partition coefficient (Wildman–Crippen LogP) is 1.81. The molecule has 0 bridgehead atoms. The van der Waals surface area contributed by atoms with E-state index in [0.29, 0.717) is 5.15 Å². The van der Waals surface area contributed by atoms with Gasteiger partial charge in [0, 0.05) is 24.7 Å². The fourth-order valence-corrected chi connectivity index (χ4v) is 2.70. The zero-order valence-corrected chi connectivity index (χ0v) is 12.5. The first-order valence-corrected chi connectivity index (χ1v) is 7.21. The van der Waals surface area contributed by atoms with E-state index in [9.17, 15) is 9.90 Å². The molecule has 0 radical (unpaired) electrons. The van der Waals surface area contributed by atoms with Crippen LogP contribution in [0.3, 0.4) is 0 Å². The lowest BCUT2D eigenvalue weighted by Crippen LogP contribution is -2.37. The van der Waals surface area contributed by atoms with E-state index in [1.165, 1.54) is 6.08 Å². The summed E-state index contributed by atoms with van der Waals surface area (Å²) < 4.78 is 1.58. The van der Waals surface area contributed by atoms with Crippen LogP contribution in [-0.4, -0.2) is 32.9 Å². The highest BCUT2D eigenvalue weighted by Gasteiger charge is 2.20. The summed E-state index contributed by atoms with van der Waals surface area (Å²) in [7, 11) is 1.76. The summed E-state index contributed by atoms with van der Waals surface area (Å²) in [5.41, 5.74) is 1.56. The molecular weight excluding hydrogens is 278 g/mol. The first-order valence-electron chi connectivity index (χ1n) is 6.83. The highest BCUT2D eigenvalue weighted by Crippen LogP contribution is 2.20. The van der Waals surface area contributed by atoms with E-state index in [0.717, 1.165) is 36.9 Å². The van der Waals surface area contributed by atoms with Gasteiger partial charge in [-0.2, -0.15) is 5.10 Å². The number of nitrogens with zero attached hydrogens (tertiary/aromatic N) is 2. The standard InChI is InChI=1S/C14H20ClN3O2/c1-9-12(14(15)18(2)17-9)7-8-13(20)16-10-3-5-11(19)6-4-10/h7-8,10-11,19H,3-6H2,1-2H3,(H,16,20)/b8-7+. The Labute approximate surface area is 123 Å². The van der Waals surface area contributed by atoms with E-state index in [-0.39, 0.29) is 18.1 Å². The van der Waals surface area contributed by atoms with Crippen LogP contribution in [0.25, 0.3) is 6.08 Å². The average molecular weight is 298 g/mol. The smallest absolute Gasteiger partial charge is 0.244 e. The zero-order chi connectivity index (χ0) is 14.7. The van der Waals surface area contributed by atoms with Crippen molar-refractivity contribution in [3.8, 4) is 0 Å². The Balaban J connectivity index is 1.92. The average Bonchev–Trinajstić information content (AvgIpc) is 2.64. The first kappa shape index (κ1) is 15.1. The number of carbonyl (C=O) groups excluding carboxylic acids is 1. The molecule has 1 heterocycles. The van der Waals surface area contributed by atoms with Gasteiger partial charge >= 0.3 is 0 Å². The van der Waals surface area contributed by atoms with Crippen LogP contribution in [0.2, 0.25) is 5.15 Å². The Hall–Kier alpha value is -1.33. The third-order valence-corrected chi connectivity index (χ3v) is 4.09. The number of amides is 1. The molecule has 1 aliphatic rings. The number of aryl methyl sites for hydroxylation is 2. The van der Waals surface area contributed by atoms with Crippen LogP contribution >= 0.6 is 11.6 Å². The van der Waals surface area contributed by atoms with Crippen LogP contribution in [0, 0.1) is 6.92 Å². The van der Waals surface area contributed by atoms with E-state index in [4.69, 9.17) is 11.6 Å². The molecular formula is C14H20ClN3O2. The maximum atomic E-state index is 11.9. The number of aromatic nitrogens is 2. The highest BCUT2D eigenvalue weighted by atomic mass is 35.5. The quantitative estimate of drug-likeness (QED) is 0.836. The number of halogens is 1. The lowest BCUT2D eigenvalue weighted by Gasteiger charge is -2.25. The van der Waals surface area contributed by atoms with Gasteiger partial charge < -0.3 is 10.4 Å². The summed E-state index contributed by atoms with van der Waals surface area (Å²) >= 11 is 6.10. The van der Waals surface area contributed by atoms with Gasteiger partial charge in [0.2, 0.25) is 5.91 Å². The lowest BCUT2D eigenvalue weighted by atomic mass is 9.93. The van der Waals surface area contributed by atoms with Crippen LogP contribution in [0.1, 0.15) is 36.9 Å². The van der Waals surface area contributed by atoms with Crippen LogP contribution < -0.4 is 5.32 Å². The molecule has 1 fully saturated rings. The lowest BCUT2D eigenvalue weighted by molar-refractivity contribution is -0.117. The number of aliphatic hydroxyl groups excluding tert-OH is 1. The maximum Gasteiger partial charge on any atom is 0.244 e. The van der Waals surface area contributed by atoms with Crippen LogP contribution in [0.5, 0.6) is 0 Å². The minimum absolute atomic E-state index is 0.134. The highest BCUT2D eigenvalue weighted by molar-refractivity contribution is 6.31. The number of hydrogen-bond acceptors (Lipinski definition) is 3. The summed E-state index contributed by atoms with van der Waals surface area (Å²) in [5, 5.41) is 17.1. The molecule has 6 heteroatoms. The SMILES string of the molecule is Cc1nn(C)c(Cl)c1/C=C/C(=O)NC1CCC(O)CC1. The number of carbonyl (C=O) groups is 1. The molecule has 1 aliphatic carbocycles. The van der Waals surface area contributed by atoms with Crippen LogP contribution in [-0.2, 0) is 11.8 Å². The van der Waals surface area contributed by atoms with Crippen LogP contribution in [0.4, 0.5) is 0 Å². The molecule has 5 nitrogen and oxygen atoms in total. The van der Waals surface area contributed by atoms with Crippen molar-refractivity contribution < 1.29 is 9.90 Å². The van der Waals surface area contributed by atoms with Gasteiger partial charge in [-0.3, -0.25) is 9.48 Å². The number of rotatable bonds is 3. The van der Waals surface area contributed by atoms with Crippen molar-refractivity contribution in [1.29, 1.82) is 0 Å². The van der Waals surface area contributed by atoms with E-state index < -0.39 is 0 Å². The van der Waals surface area contributed by atoms with E-state index >= 15 is 0 Å². The van der Waals surface area contributed by atoms with Gasteiger partial charge in [0.1, 0.15) is 5.15 Å². The van der Waals surface area contributed by atoms with Crippen molar-refractivity contribution in [3.05, 3.63) is 22.5 Å². The largest absolute Gasteiger partial charge is 0.393 e. The third-order valence-electron chi connectivity index (χ3n) is 3.64. The van der Waals surface area contributed by atoms with Gasteiger partial charge in [0.05, 0.1) is 11.8 Å². The summed E-state index contributed by atoms with van der Waals surface area (Å²) in [6.45, 7) is 1.85. The Morgan fingerprint density at radius 3 is 2.65 bits per heavy atom. The number of aliphatic hydroxyl groups is 1. The predicted molar refractivity (Wildman–Crippen MR) is 78.4 cm³/mol. The molecule has 1 saturated carbocycles. The molecule has 110 valence electrons. The fourth-order valence-electron chi connectivity index (χ4n) is 2.46. The molecule has 0 atom stereocenters. The molecule has 0 spiro atoms. The second-order valence-corrected chi connectivity index (χ2v) is 5.62. The Morgan fingerprint density at radius 1 is 1.45 bits per heavy atom. The first-order chi connectivity index (χ1) is 9.47. The third kappa shape index (κ3) is 3.61. The molecule has 0 aliphatic heterocycles. The molecule has 0 unspecified atom stereocenters. The summed E-state index contributed by atoms with van der Waals surface area (Å²) in [4.78, 5) is 11.9. The minimum Gasteiger partial charge on any atom is -0.393 e. The van der Waals surface area contributed by atoms with Crippen molar-refractivity contribution in [1.82, 2.24) is 15.1 Å². The second kappa shape index (κ2) is 6.41. The van der Waals surface area contributed by atoms with Crippen LogP contribution in [0.15, 0.2) is 6.08 Å². The van der Waals surface area contributed by atoms with Gasteiger partial charge in [-0.15, -0.1) is 0 Å². The Bertz CT molecular complexity index is 517. The molecule has 0 aromatic carbocycles. The minimum atomic E-state index is -0.212. The van der Waals surface area contributed by atoms with Gasteiger partial charge in [0.25, 0.3) is 0 Å². The van der Waals surface area contributed by atoms with Gasteiger partial charge in [-0.05, 0) is 38.7 Å². The Morgan fingerprint density at radius 2 is 2.10 bits per heavy atom. The molecule has 1 amide bonds. The normalized spacial score (nSPS) is 23.2. The number of hydrogen-bond donors (Lipinski definition) is 2. The number of nitrogens with one attached hydrogen (secondary N) is 1. The zero-order valence-electron chi connectivity index (χ0n) is 11.8. The monoisotopic (exact) mass is 297 g/mol. The second-order valence-electron chi connectivity index (χ2n) is 5.26. The molecule has 0 saturated heterocycles. The maximum absolute atomic E-state index is 11.9. The van der Waals surface area contributed by atoms with E-state index in [1.54, 1.807) is 17.8 Å². The van der Waals surface area contributed by atoms with Crippen molar-refractivity contribution in [3.63, 3.8) is 0 Å². The summed E-state index contributed by atoms with van der Waals surface area (Å²) in [5.74, 6) is -0.134.